The average molecular weight is 610 g/mol. The van der Waals surface area contributed by atoms with Crippen molar-refractivity contribution in [3.63, 3.8) is 0 Å². The Bertz CT molecular complexity index is 1440. The number of nitrogen functional groups attached to an aromatic ring is 1. The Hall–Kier alpha value is -3.26. The summed E-state index contributed by atoms with van der Waals surface area (Å²) in [6, 6.07) is 7.21. The summed E-state index contributed by atoms with van der Waals surface area (Å²) >= 11 is 6.86. The van der Waals surface area contributed by atoms with Gasteiger partial charge in [-0.25, -0.2) is 9.55 Å². The van der Waals surface area contributed by atoms with Crippen molar-refractivity contribution in [3.05, 3.63) is 49.3 Å². The number of ether oxygens (including phenoxy) is 2. The zero-order valence-electron chi connectivity index (χ0n) is 22.9. The number of fused-ring (bicyclic) bond motifs is 1. The molecule has 5 N–H and O–H groups in total. The topological polar surface area (TPSA) is 185 Å². The van der Waals surface area contributed by atoms with Crippen molar-refractivity contribution in [2.45, 2.75) is 56.2 Å². The van der Waals surface area contributed by atoms with Crippen LogP contribution in [0, 0.1) is 0 Å². The number of aliphatic hydroxyl groups is 1. The largest absolute Gasteiger partial charge is 0.462 e. The van der Waals surface area contributed by atoms with Gasteiger partial charge in [0.1, 0.15) is 28.9 Å². The number of nitrogens with zero attached hydrogens (tertiary/aromatic N) is 4. The number of alkyl halides is 1. The van der Waals surface area contributed by atoms with Crippen LogP contribution in [0.1, 0.15) is 27.0 Å². The molecule has 2 aromatic heterocycles. The van der Waals surface area contributed by atoms with E-state index in [9.17, 15) is 14.5 Å². The van der Waals surface area contributed by atoms with Gasteiger partial charge in [-0.3, -0.25) is 13.9 Å². The van der Waals surface area contributed by atoms with Crippen molar-refractivity contribution in [2.24, 2.45) is 0 Å². The Morgan fingerprint density at radius 2 is 2.05 bits per heavy atom. The Morgan fingerprint density at radius 3 is 2.68 bits per heavy atom. The van der Waals surface area contributed by atoms with Gasteiger partial charge in [-0.05, 0) is 32.9 Å². The summed E-state index contributed by atoms with van der Waals surface area (Å²) in [7, 11) is -2.58. The number of nitrogens with two attached hydrogens (primary N) is 1. The van der Waals surface area contributed by atoms with E-state index < -0.39 is 49.7 Å². The molecule has 1 unspecified atom stereocenters. The van der Waals surface area contributed by atoms with E-state index in [1.165, 1.54) is 23.9 Å². The molecule has 1 aliphatic rings. The molecule has 1 aliphatic heterocycles. The van der Waals surface area contributed by atoms with Crippen molar-refractivity contribution in [2.75, 3.05) is 24.7 Å². The van der Waals surface area contributed by atoms with Crippen molar-refractivity contribution in [1.29, 1.82) is 0 Å². The van der Waals surface area contributed by atoms with Gasteiger partial charge < -0.3 is 30.2 Å². The minimum absolute atomic E-state index is 0.0176. The molecule has 4 rings (SSSR count). The summed E-state index contributed by atoms with van der Waals surface area (Å²) < 4.78 is 38.1. The highest BCUT2D eigenvalue weighted by molar-refractivity contribution is 7.52. The van der Waals surface area contributed by atoms with Gasteiger partial charge in [0.25, 0.3) is 0 Å². The van der Waals surface area contributed by atoms with Crippen LogP contribution in [0.25, 0.3) is 11.2 Å². The highest BCUT2D eigenvalue weighted by atomic mass is 35.5. The van der Waals surface area contributed by atoms with E-state index in [-0.39, 0.29) is 17.8 Å². The summed E-state index contributed by atoms with van der Waals surface area (Å²) in [6.07, 6.45) is -1.21. The van der Waals surface area contributed by atoms with Gasteiger partial charge in [0.2, 0.25) is 5.95 Å². The van der Waals surface area contributed by atoms with Gasteiger partial charge in [0, 0.05) is 7.05 Å². The van der Waals surface area contributed by atoms with Gasteiger partial charge in [-0.15, -0.1) is 18.2 Å². The minimum Gasteiger partial charge on any atom is -0.462 e. The van der Waals surface area contributed by atoms with Crippen LogP contribution in [0.2, 0.25) is 0 Å². The molecule has 6 atom stereocenters. The number of aliphatic hydroxyl groups excluding tert-OH is 1. The Labute approximate surface area is 241 Å². The van der Waals surface area contributed by atoms with E-state index in [1.54, 1.807) is 51.2 Å². The first-order chi connectivity index (χ1) is 19.4. The number of hydrogen-bond donors (Lipinski definition) is 4. The number of carbonyl (C=O) groups is 1. The summed E-state index contributed by atoms with van der Waals surface area (Å²) in [5, 5.41) is 16.7. The highest BCUT2D eigenvalue weighted by Crippen LogP contribution is 2.49. The minimum atomic E-state index is -4.24. The van der Waals surface area contributed by atoms with Crippen molar-refractivity contribution in [1.82, 2.24) is 24.6 Å². The third-order valence-electron chi connectivity index (χ3n) is 6.16. The van der Waals surface area contributed by atoms with Crippen LogP contribution in [0.4, 0.5) is 11.8 Å². The summed E-state index contributed by atoms with van der Waals surface area (Å²) in [4.78, 5) is 23.6. The van der Waals surface area contributed by atoms with Gasteiger partial charge in [0.15, 0.2) is 23.2 Å². The molecule has 0 spiro atoms. The zero-order chi connectivity index (χ0) is 29.9. The maximum absolute atomic E-state index is 13.9. The Balaban J connectivity index is 1.59. The van der Waals surface area contributed by atoms with Crippen LogP contribution >= 0.6 is 19.3 Å². The number of anilines is 2. The third-order valence-corrected chi connectivity index (χ3v) is 8.37. The lowest BCUT2D eigenvalue weighted by Crippen LogP contribution is -2.41. The molecular weight excluding hydrogens is 577 g/mol. The van der Waals surface area contributed by atoms with E-state index in [1.807, 2.05) is 0 Å². The molecule has 0 aliphatic carbocycles. The predicted octanol–water partition coefficient (Wildman–Crippen LogP) is 3.01. The summed E-state index contributed by atoms with van der Waals surface area (Å²) in [6.45, 7) is 8.18. The second-order valence-corrected chi connectivity index (χ2v) is 11.9. The molecule has 222 valence electrons. The lowest BCUT2D eigenvalue weighted by molar-refractivity contribution is -0.149. The van der Waals surface area contributed by atoms with E-state index in [2.05, 4.69) is 31.9 Å². The molecule has 16 heteroatoms. The van der Waals surface area contributed by atoms with Crippen LogP contribution < -0.4 is 20.7 Å². The lowest BCUT2D eigenvalue weighted by Gasteiger charge is -2.27. The molecule has 41 heavy (non-hydrogen) atoms. The molecule has 3 aromatic rings. The number of imidazole rings is 1. The summed E-state index contributed by atoms with van der Waals surface area (Å²) in [5.41, 5.74) is 6.57. The molecule has 0 saturated carbocycles. The van der Waals surface area contributed by atoms with Gasteiger partial charge >= 0.3 is 13.7 Å². The number of aromatic nitrogens is 4. The van der Waals surface area contributed by atoms with E-state index in [4.69, 9.17) is 35.9 Å². The van der Waals surface area contributed by atoms with Crippen molar-refractivity contribution in [3.8, 4) is 5.75 Å². The fraction of sp³-hybridized carbons (Fsp3) is 0.440. The molecule has 3 heterocycles. The molecule has 1 saturated heterocycles. The standard InChI is InChI=1S/C25H33ClN7O7P/c1-6-25(26)19(34)17(39-23(25)33-13-29-18-20(28-5)30-24(27)31-21(18)33)12-37-41(36,40-16-10-8-7-9-11-16)32-15(4)22(35)38-14(2)3/h6-11,13-15,17,19,23,34H,1,12H2,2-5H3,(H,32,36)(H3,27,28,30,31)/t15?,17-,19-,23-,25-,41+/m1/s1. The number of benzene rings is 1. The smallest absolute Gasteiger partial charge is 0.459 e. The molecule has 0 radical (unpaired) electrons. The number of rotatable bonds is 12. The van der Waals surface area contributed by atoms with E-state index in [0.29, 0.717) is 17.0 Å². The van der Waals surface area contributed by atoms with Crippen LogP contribution in [-0.4, -0.2) is 73.5 Å². The molecule has 1 fully saturated rings. The molecule has 0 amide bonds. The first-order valence-corrected chi connectivity index (χ1v) is 14.6. The fourth-order valence-corrected chi connectivity index (χ4v) is 5.99. The Kier molecular flexibility index (Phi) is 9.22. The van der Waals surface area contributed by atoms with Gasteiger partial charge in [-0.2, -0.15) is 15.1 Å². The SMILES string of the molecule is C=C[C@@]1(Cl)[C@H](O)[C@@H](CO[P@@](=O)(NC(C)C(=O)OC(C)C)Oc2ccccc2)O[C@H]1n1cnc2c(NC)nc(N)nc21. The number of carbonyl (C=O) groups excluding carboxylic acids is 1. The highest BCUT2D eigenvalue weighted by Gasteiger charge is 2.55. The number of halogens is 1. The van der Waals surface area contributed by atoms with Crippen LogP contribution in [0.3, 0.4) is 0 Å². The fourth-order valence-electron chi connectivity index (χ4n) is 4.19. The number of hydrogen-bond acceptors (Lipinski definition) is 12. The second kappa shape index (κ2) is 12.3. The monoisotopic (exact) mass is 609 g/mol. The first kappa shape index (κ1) is 30.7. The summed E-state index contributed by atoms with van der Waals surface area (Å²) in [5.74, 6) is -0.0632. The molecule has 1 aromatic carbocycles. The quantitative estimate of drug-likeness (QED) is 0.102. The Morgan fingerprint density at radius 1 is 1.34 bits per heavy atom. The molecule has 0 bridgehead atoms. The third kappa shape index (κ3) is 6.48. The first-order valence-electron chi connectivity index (χ1n) is 12.7. The van der Waals surface area contributed by atoms with Crippen LogP contribution in [0.15, 0.2) is 49.3 Å². The lowest BCUT2D eigenvalue weighted by atomic mass is 9.99. The van der Waals surface area contributed by atoms with Crippen LogP contribution in [-0.2, 0) is 23.4 Å². The normalized spacial score (nSPS) is 24.6. The number of nitrogens with one attached hydrogen (secondary N) is 2. The van der Waals surface area contributed by atoms with E-state index >= 15 is 0 Å². The molecule has 14 nitrogen and oxygen atoms in total. The molecular formula is C25H33ClN7O7P. The van der Waals surface area contributed by atoms with E-state index in [0.717, 1.165) is 0 Å². The second-order valence-electron chi connectivity index (χ2n) is 9.54. The van der Waals surface area contributed by atoms with Crippen LogP contribution in [0.5, 0.6) is 5.75 Å². The van der Waals surface area contributed by atoms with Gasteiger partial charge in [-0.1, -0.05) is 24.3 Å². The van der Waals surface area contributed by atoms with Crippen molar-refractivity contribution >= 4 is 48.2 Å². The van der Waals surface area contributed by atoms with Gasteiger partial charge in [0.05, 0.1) is 19.0 Å². The predicted molar refractivity (Wildman–Crippen MR) is 152 cm³/mol. The average Bonchev–Trinajstić information content (AvgIpc) is 3.45. The maximum atomic E-state index is 13.9. The van der Waals surface area contributed by atoms with Crippen molar-refractivity contribution < 1.29 is 33.0 Å². The number of para-hydroxylation sites is 1. The zero-order valence-corrected chi connectivity index (χ0v) is 24.6. The maximum Gasteiger partial charge on any atom is 0.459 e. The number of esters is 1.